The molecule has 0 spiro atoms. The quantitative estimate of drug-likeness (QED) is 0.575. The summed E-state index contributed by atoms with van der Waals surface area (Å²) in [6, 6.07) is 9.63. The van der Waals surface area contributed by atoms with Crippen LogP contribution >= 0.6 is 12.2 Å². The van der Waals surface area contributed by atoms with Gasteiger partial charge in [-0.2, -0.15) is 0 Å². The van der Waals surface area contributed by atoms with Gasteiger partial charge >= 0.3 is 0 Å². The average molecular weight is 338 g/mol. The van der Waals surface area contributed by atoms with E-state index in [0.717, 1.165) is 37.1 Å². The molecule has 0 aliphatic rings. The van der Waals surface area contributed by atoms with Crippen LogP contribution in [0.5, 0.6) is 0 Å². The Morgan fingerprint density at radius 3 is 2.30 bits per heavy atom. The molecule has 0 unspecified atom stereocenters. The Balaban J connectivity index is 1.98. The summed E-state index contributed by atoms with van der Waals surface area (Å²) in [6.45, 7) is 2.14. The summed E-state index contributed by atoms with van der Waals surface area (Å²) < 4.78 is 39.6. The number of unbranched alkanes of at least 4 members (excludes halogenated alkanes) is 1. The van der Waals surface area contributed by atoms with Gasteiger partial charge in [0, 0.05) is 5.69 Å². The molecule has 0 amide bonds. The van der Waals surface area contributed by atoms with Crippen LogP contribution in [0.15, 0.2) is 36.4 Å². The Labute approximate surface area is 138 Å². The van der Waals surface area contributed by atoms with Gasteiger partial charge in [0.05, 0.1) is 5.69 Å². The maximum atomic E-state index is 13.6. The third-order valence-corrected chi connectivity index (χ3v) is 3.52. The SMILES string of the molecule is CCCCc1ccc(NC(=S)Nc2ccc(F)c(F)c2F)cc1. The summed E-state index contributed by atoms with van der Waals surface area (Å²) in [5.74, 6) is -4.07. The number of nitrogens with one attached hydrogen (secondary N) is 2. The second kappa shape index (κ2) is 7.97. The first-order chi connectivity index (χ1) is 11.0. The molecule has 0 radical (unpaired) electrons. The highest BCUT2D eigenvalue weighted by Crippen LogP contribution is 2.20. The molecule has 0 aliphatic heterocycles. The normalized spacial score (nSPS) is 10.4. The second-order valence-corrected chi connectivity index (χ2v) is 5.51. The lowest BCUT2D eigenvalue weighted by molar-refractivity contribution is 0.449. The molecular formula is C17H17F3N2S. The summed E-state index contributed by atoms with van der Waals surface area (Å²) >= 11 is 5.05. The molecule has 0 saturated carbocycles. The van der Waals surface area contributed by atoms with Gasteiger partial charge in [0.25, 0.3) is 0 Å². The van der Waals surface area contributed by atoms with E-state index in [1.54, 1.807) is 0 Å². The van der Waals surface area contributed by atoms with Crippen LogP contribution in [0.1, 0.15) is 25.3 Å². The number of halogens is 3. The van der Waals surface area contributed by atoms with E-state index in [-0.39, 0.29) is 10.8 Å². The van der Waals surface area contributed by atoms with Crippen molar-refractivity contribution in [3.63, 3.8) is 0 Å². The first kappa shape index (κ1) is 17.3. The van der Waals surface area contributed by atoms with Crippen LogP contribution in [0.2, 0.25) is 0 Å². The molecular weight excluding hydrogens is 321 g/mol. The van der Waals surface area contributed by atoms with Crippen molar-refractivity contribution in [2.24, 2.45) is 0 Å². The van der Waals surface area contributed by atoms with E-state index in [9.17, 15) is 13.2 Å². The zero-order valence-corrected chi connectivity index (χ0v) is 13.4. The highest BCUT2D eigenvalue weighted by atomic mass is 32.1. The molecule has 122 valence electrons. The van der Waals surface area contributed by atoms with E-state index < -0.39 is 17.5 Å². The third-order valence-electron chi connectivity index (χ3n) is 3.31. The largest absolute Gasteiger partial charge is 0.332 e. The standard InChI is InChI=1S/C17H17F3N2S/c1-2-3-4-11-5-7-12(8-6-11)21-17(23)22-14-10-9-13(18)15(19)16(14)20/h5-10H,2-4H2,1H3,(H2,21,22,23). The van der Waals surface area contributed by atoms with Crippen molar-refractivity contribution in [1.82, 2.24) is 0 Å². The molecule has 0 fully saturated rings. The first-order valence-corrected chi connectivity index (χ1v) is 7.72. The molecule has 0 aromatic heterocycles. The third kappa shape index (κ3) is 4.69. The molecule has 2 rings (SSSR count). The summed E-state index contributed by atoms with van der Waals surface area (Å²) in [7, 11) is 0. The fraction of sp³-hybridized carbons (Fsp3) is 0.235. The molecule has 0 atom stereocenters. The number of benzene rings is 2. The molecule has 2 aromatic rings. The Morgan fingerprint density at radius 1 is 0.957 bits per heavy atom. The predicted octanol–water partition coefficient (Wildman–Crippen LogP) is 5.26. The van der Waals surface area contributed by atoms with E-state index in [1.165, 1.54) is 5.56 Å². The minimum Gasteiger partial charge on any atom is -0.332 e. The van der Waals surface area contributed by atoms with Gasteiger partial charge in [-0.15, -0.1) is 0 Å². The fourth-order valence-corrected chi connectivity index (χ4v) is 2.27. The molecule has 2 nitrogen and oxygen atoms in total. The number of thiocarbonyl (C=S) groups is 1. The topological polar surface area (TPSA) is 24.1 Å². The van der Waals surface area contributed by atoms with Crippen LogP contribution in [0.4, 0.5) is 24.5 Å². The van der Waals surface area contributed by atoms with Crippen molar-refractivity contribution in [2.75, 3.05) is 10.6 Å². The maximum Gasteiger partial charge on any atom is 0.196 e. The van der Waals surface area contributed by atoms with Gasteiger partial charge in [-0.3, -0.25) is 0 Å². The van der Waals surface area contributed by atoms with Gasteiger partial charge in [-0.1, -0.05) is 25.5 Å². The van der Waals surface area contributed by atoms with Crippen molar-refractivity contribution >= 4 is 28.7 Å². The molecule has 6 heteroatoms. The Kier molecular flexibility index (Phi) is 5.98. The van der Waals surface area contributed by atoms with Crippen LogP contribution < -0.4 is 10.6 Å². The van der Waals surface area contributed by atoms with E-state index in [4.69, 9.17) is 12.2 Å². The number of hydrogen-bond acceptors (Lipinski definition) is 1. The van der Waals surface area contributed by atoms with Gasteiger partial charge in [0.2, 0.25) is 0 Å². The van der Waals surface area contributed by atoms with Crippen LogP contribution in [0, 0.1) is 17.5 Å². The lowest BCUT2D eigenvalue weighted by atomic mass is 10.1. The molecule has 2 aromatic carbocycles. The van der Waals surface area contributed by atoms with Crippen LogP contribution in [0.25, 0.3) is 0 Å². The molecule has 0 bridgehead atoms. The van der Waals surface area contributed by atoms with Crippen LogP contribution in [0.3, 0.4) is 0 Å². The van der Waals surface area contributed by atoms with Crippen molar-refractivity contribution in [3.8, 4) is 0 Å². The van der Waals surface area contributed by atoms with Gasteiger partial charge in [0.15, 0.2) is 22.6 Å². The van der Waals surface area contributed by atoms with E-state index in [2.05, 4.69) is 17.6 Å². The van der Waals surface area contributed by atoms with Crippen molar-refractivity contribution in [2.45, 2.75) is 26.2 Å². The van der Waals surface area contributed by atoms with Gasteiger partial charge in [-0.25, -0.2) is 13.2 Å². The van der Waals surface area contributed by atoms with Crippen molar-refractivity contribution < 1.29 is 13.2 Å². The summed E-state index contributed by atoms with van der Waals surface area (Å²) in [4.78, 5) is 0. The second-order valence-electron chi connectivity index (χ2n) is 5.10. The van der Waals surface area contributed by atoms with Gasteiger partial charge in [0.1, 0.15) is 0 Å². The average Bonchev–Trinajstić information content (AvgIpc) is 2.55. The number of anilines is 2. The van der Waals surface area contributed by atoms with Crippen molar-refractivity contribution in [1.29, 1.82) is 0 Å². The number of rotatable bonds is 5. The fourth-order valence-electron chi connectivity index (χ4n) is 2.04. The lowest BCUT2D eigenvalue weighted by Gasteiger charge is -2.12. The Bertz CT molecular complexity index is 687. The van der Waals surface area contributed by atoms with E-state index in [0.29, 0.717) is 0 Å². The zero-order valence-electron chi connectivity index (χ0n) is 12.6. The molecule has 0 saturated heterocycles. The highest BCUT2D eigenvalue weighted by molar-refractivity contribution is 7.80. The predicted molar refractivity (Wildman–Crippen MR) is 91.2 cm³/mol. The van der Waals surface area contributed by atoms with E-state index >= 15 is 0 Å². The maximum absolute atomic E-state index is 13.6. The molecule has 2 N–H and O–H groups in total. The van der Waals surface area contributed by atoms with Crippen molar-refractivity contribution in [3.05, 3.63) is 59.4 Å². The minimum absolute atomic E-state index is 0.0937. The number of hydrogen-bond donors (Lipinski definition) is 2. The summed E-state index contributed by atoms with van der Waals surface area (Å²) in [5.41, 5.74) is 1.73. The lowest BCUT2D eigenvalue weighted by Crippen LogP contribution is -2.20. The monoisotopic (exact) mass is 338 g/mol. The zero-order chi connectivity index (χ0) is 16.8. The smallest absolute Gasteiger partial charge is 0.196 e. The van der Waals surface area contributed by atoms with Gasteiger partial charge < -0.3 is 10.6 Å². The highest BCUT2D eigenvalue weighted by Gasteiger charge is 2.14. The van der Waals surface area contributed by atoms with Gasteiger partial charge in [-0.05, 0) is 54.9 Å². The van der Waals surface area contributed by atoms with Crippen LogP contribution in [-0.2, 0) is 6.42 Å². The molecule has 0 heterocycles. The molecule has 0 aliphatic carbocycles. The first-order valence-electron chi connectivity index (χ1n) is 7.31. The molecule has 23 heavy (non-hydrogen) atoms. The summed E-state index contributed by atoms with van der Waals surface area (Å²) in [5, 5.41) is 5.48. The van der Waals surface area contributed by atoms with Crippen LogP contribution in [-0.4, -0.2) is 5.11 Å². The Hall–Kier alpha value is -2.08. The summed E-state index contributed by atoms with van der Waals surface area (Å²) in [6.07, 6.45) is 3.27. The van der Waals surface area contributed by atoms with E-state index in [1.807, 2.05) is 24.3 Å². The Morgan fingerprint density at radius 2 is 1.65 bits per heavy atom. The number of aryl methyl sites for hydroxylation is 1. The minimum atomic E-state index is -1.53.